The lowest BCUT2D eigenvalue weighted by Crippen LogP contribution is -2.36. The summed E-state index contributed by atoms with van der Waals surface area (Å²) in [6.45, 7) is 0. The maximum Gasteiger partial charge on any atom is 0.319 e. The molecule has 0 saturated carbocycles. The third-order valence-corrected chi connectivity index (χ3v) is 3.07. The lowest BCUT2D eigenvalue weighted by Gasteiger charge is -2.13. The molecule has 0 fully saturated rings. The fourth-order valence-electron chi connectivity index (χ4n) is 2.00. The summed E-state index contributed by atoms with van der Waals surface area (Å²) < 4.78 is 5.02. The molecule has 0 radical (unpaired) electrons. The Kier molecular flexibility index (Phi) is 4.24. The maximum atomic E-state index is 11.8. The number of carbonyl (C=O) groups excluding carboxylic acids is 1. The lowest BCUT2D eigenvalue weighted by molar-refractivity contribution is -0.140. The number of methoxy groups -OCH3 is 1. The standard InChI is InChI=1S/C14H16N2O4/c1-20-12-6-4-10(5-7-12)15-14(19)16-11-3-2-9(8-11)13(17)18/h2-7,9,11H,8H2,1H3,(H,17,18)(H2,15,16,19). The van der Waals surface area contributed by atoms with Crippen molar-refractivity contribution in [1.29, 1.82) is 0 Å². The number of hydrogen-bond acceptors (Lipinski definition) is 3. The molecule has 0 aliphatic heterocycles. The number of carbonyl (C=O) groups is 2. The molecule has 0 spiro atoms. The van der Waals surface area contributed by atoms with Crippen LogP contribution in [0.15, 0.2) is 36.4 Å². The number of hydrogen-bond donors (Lipinski definition) is 3. The van der Waals surface area contributed by atoms with E-state index < -0.39 is 11.9 Å². The number of rotatable bonds is 4. The second-order valence-electron chi connectivity index (χ2n) is 4.50. The lowest BCUT2D eigenvalue weighted by atomic mass is 10.1. The van der Waals surface area contributed by atoms with Crippen molar-refractivity contribution in [1.82, 2.24) is 5.32 Å². The molecule has 3 N–H and O–H groups in total. The molecule has 0 saturated heterocycles. The van der Waals surface area contributed by atoms with Gasteiger partial charge in [0.05, 0.1) is 19.1 Å². The topological polar surface area (TPSA) is 87.7 Å². The molecule has 106 valence electrons. The summed E-state index contributed by atoms with van der Waals surface area (Å²) in [5, 5.41) is 14.2. The average Bonchev–Trinajstić information content (AvgIpc) is 2.88. The SMILES string of the molecule is COc1ccc(NC(=O)NC2C=CC(C(=O)O)C2)cc1. The van der Waals surface area contributed by atoms with Gasteiger partial charge in [-0.2, -0.15) is 0 Å². The van der Waals surface area contributed by atoms with Gasteiger partial charge in [-0.15, -0.1) is 0 Å². The summed E-state index contributed by atoms with van der Waals surface area (Å²) in [5.74, 6) is -0.693. The predicted octanol–water partition coefficient (Wildman–Crippen LogP) is 1.85. The first-order valence-electron chi connectivity index (χ1n) is 6.21. The van der Waals surface area contributed by atoms with E-state index in [4.69, 9.17) is 9.84 Å². The number of urea groups is 1. The Labute approximate surface area is 116 Å². The molecule has 2 unspecified atom stereocenters. The number of amides is 2. The summed E-state index contributed by atoms with van der Waals surface area (Å²) in [6, 6.07) is 6.31. The molecule has 2 atom stereocenters. The number of aliphatic carboxylic acids is 1. The molecule has 1 aromatic rings. The van der Waals surface area contributed by atoms with E-state index in [1.807, 2.05) is 0 Å². The van der Waals surface area contributed by atoms with Crippen LogP contribution >= 0.6 is 0 Å². The first kappa shape index (κ1) is 13.9. The first-order valence-corrected chi connectivity index (χ1v) is 6.21. The van der Waals surface area contributed by atoms with Crippen molar-refractivity contribution in [3.63, 3.8) is 0 Å². The van der Waals surface area contributed by atoms with Gasteiger partial charge >= 0.3 is 12.0 Å². The van der Waals surface area contributed by atoms with E-state index in [1.54, 1.807) is 43.5 Å². The van der Waals surface area contributed by atoms with Crippen LogP contribution in [0.4, 0.5) is 10.5 Å². The van der Waals surface area contributed by atoms with Crippen LogP contribution in [0.25, 0.3) is 0 Å². The quantitative estimate of drug-likeness (QED) is 0.732. The molecule has 1 aromatic carbocycles. The van der Waals surface area contributed by atoms with Crippen LogP contribution in [0.3, 0.4) is 0 Å². The van der Waals surface area contributed by atoms with Crippen molar-refractivity contribution in [3.8, 4) is 5.75 Å². The fourth-order valence-corrected chi connectivity index (χ4v) is 2.00. The molecule has 6 heteroatoms. The van der Waals surface area contributed by atoms with Crippen molar-refractivity contribution in [2.75, 3.05) is 12.4 Å². The number of carboxylic acids is 1. The molecular weight excluding hydrogens is 260 g/mol. The van der Waals surface area contributed by atoms with E-state index >= 15 is 0 Å². The number of nitrogens with one attached hydrogen (secondary N) is 2. The molecule has 2 rings (SSSR count). The molecular formula is C14H16N2O4. The second kappa shape index (κ2) is 6.10. The zero-order valence-corrected chi connectivity index (χ0v) is 11.0. The largest absolute Gasteiger partial charge is 0.497 e. The van der Waals surface area contributed by atoms with Gasteiger partial charge in [0.1, 0.15) is 5.75 Å². The summed E-state index contributed by atoms with van der Waals surface area (Å²) in [6.07, 6.45) is 3.68. The van der Waals surface area contributed by atoms with Crippen LogP contribution in [-0.4, -0.2) is 30.3 Å². The highest BCUT2D eigenvalue weighted by atomic mass is 16.5. The normalized spacial score (nSPS) is 20.4. The molecule has 0 bridgehead atoms. The minimum Gasteiger partial charge on any atom is -0.497 e. The number of anilines is 1. The van der Waals surface area contributed by atoms with Gasteiger partial charge in [0.25, 0.3) is 0 Å². The third kappa shape index (κ3) is 3.50. The molecule has 1 aliphatic carbocycles. The number of ether oxygens (including phenoxy) is 1. The van der Waals surface area contributed by atoms with E-state index in [9.17, 15) is 9.59 Å². The van der Waals surface area contributed by atoms with Gasteiger partial charge in [-0.3, -0.25) is 4.79 Å². The van der Waals surface area contributed by atoms with Crippen LogP contribution in [-0.2, 0) is 4.79 Å². The highest BCUT2D eigenvalue weighted by Crippen LogP contribution is 2.18. The Hall–Kier alpha value is -2.50. The van der Waals surface area contributed by atoms with Crippen LogP contribution in [0.1, 0.15) is 6.42 Å². The van der Waals surface area contributed by atoms with E-state index in [0.717, 1.165) is 0 Å². The summed E-state index contributed by atoms with van der Waals surface area (Å²) in [7, 11) is 1.57. The average molecular weight is 276 g/mol. The molecule has 6 nitrogen and oxygen atoms in total. The minimum atomic E-state index is -0.874. The van der Waals surface area contributed by atoms with Gasteiger partial charge in [-0.1, -0.05) is 12.2 Å². The van der Waals surface area contributed by atoms with Crippen LogP contribution < -0.4 is 15.4 Å². The molecule has 0 aromatic heterocycles. The van der Waals surface area contributed by atoms with Gasteiger partial charge in [-0.25, -0.2) is 4.79 Å². The van der Waals surface area contributed by atoms with Crippen molar-refractivity contribution >= 4 is 17.7 Å². The molecule has 0 heterocycles. The Morgan fingerprint density at radius 1 is 1.25 bits per heavy atom. The molecule has 20 heavy (non-hydrogen) atoms. The van der Waals surface area contributed by atoms with Crippen molar-refractivity contribution in [2.45, 2.75) is 12.5 Å². The van der Waals surface area contributed by atoms with Crippen molar-refractivity contribution in [3.05, 3.63) is 36.4 Å². The van der Waals surface area contributed by atoms with E-state index in [-0.39, 0.29) is 12.1 Å². The van der Waals surface area contributed by atoms with Gasteiger partial charge < -0.3 is 20.5 Å². The van der Waals surface area contributed by atoms with Gasteiger partial charge in [0.2, 0.25) is 0 Å². The zero-order valence-electron chi connectivity index (χ0n) is 11.0. The number of benzene rings is 1. The Morgan fingerprint density at radius 2 is 1.95 bits per heavy atom. The third-order valence-electron chi connectivity index (χ3n) is 3.07. The maximum absolute atomic E-state index is 11.8. The van der Waals surface area contributed by atoms with Gasteiger partial charge in [-0.05, 0) is 30.7 Å². The highest BCUT2D eigenvalue weighted by molar-refractivity contribution is 5.89. The fraction of sp³-hybridized carbons (Fsp3) is 0.286. The van der Waals surface area contributed by atoms with Crippen LogP contribution in [0.2, 0.25) is 0 Å². The highest BCUT2D eigenvalue weighted by Gasteiger charge is 2.25. The van der Waals surface area contributed by atoms with E-state index in [0.29, 0.717) is 17.9 Å². The Morgan fingerprint density at radius 3 is 2.50 bits per heavy atom. The summed E-state index contributed by atoms with van der Waals surface area (Å²) in [4.78, 5) is 22.6. The van der Waals surface area contributed by atoms with E-state index in [2.05, 4.69) is 10.6 Å². The summed E-state index contributed by atoms with van der Waals surface area (Å²) >= 11 is 0. The number of carboxylic acid groups (broad SMARTS) is 1. The second-order valence-corrected chi connectivity index (χ2v) is 4.50. The van der Waals surface area contributed by atoms with Gasteiger partial charge in [0.15, 0.2) is 0 Å². The first-order chi connectivity index (χ1) is 9.58. The molecule has 1 aliphatic rings. The van der Waals surface area contributed by atoms with Crippen molar-refractivity contribution < 1.29 is 19.4 Å². The Balaban J connectivity index is 1.84. The zero-order chi connectivity index (χ0) is 14.5. The minimum absolute atomic E-state index is 0.255. The van der Waals surface area contributed by atoms with Crippen molar-refractivity contribution in [2.24, 2.45) is 5.92 Å². The smallest absolute Gasteiger partial charge is 0.319 e. The molecule has 2 amide bonds. The monoisotopic (exact) mass is 276 g/mol. The predicted molar refractivity (Wildman–Crippen MR) is 73.8 cm³/mol. The van der Waals surface area contributed by atoms with Crippen LogP contribution in [0, 0.1) is 5.92 Å². The van der Waals surface area contributed by atoms with Crippen LogP contribution in [0.5, 0.6) is 5.75 Å². The van der Waals surface area contributed by atoms with Gasteiger partial charge in [0, 0.05) is 5.69 Å². The Bertz CT molecular complexity index is 524. The van der Waals surface area contributed by atoms with E-state index in [1.165, 1.54) is 0 Å². The summed E-state index contributed by atoms with van der Waals surface area (Å²) in [5.41, 5.74) is 0.639.